The lowest BCUT2D eigenvalue weighted by molar-refractivity contribution is -0.120. The zero-order valence-electron chi connectivity index (χ0n) is 16.2. The summed E-state index contributed by atoms with van der Waals surface area (Å²) in [6, 6.07) is 9.85. The van der Waals surface area contributed by atoms with Crippen molar-refractivity contribution in [2.75, 3.05) is 32.6 Å². The lowest BCUT2D eigenvalue weighted by atomic mass is 9.99. The molecule has 9 heteroatoms. The first kappa shape index (κ1) is 21.1. The van der Waals surface area contributed by atoms with E-state index in [-0.39, 0.29) is 17.3 Å². The largest absolute Gasteiger partial charge is 0.493 e. The Kier molecular flexibility index (Phi) is 6.39. The van der Waals surface area contributed by atoms with E-state index in [4.69, 9.17) is 9.47 Å². The summed E-state index contributed by atoms with van der Waals surface area (Å²) in [5.74, 6) is -0.432. The van der Waals surface area contributed by atoms with Crippen molar-refractivity contribution in [2.45, 2.75) is 17.7 Å². The monoisotopic (exact) mass is 422 g/mol. The molecular weight excluding hydrogens is 399 g/mol. The molecule has 1 aliphatic heterocycles. The second-order valence-electron chi connectivity index (χ2n) is 6.72. The van der Waals surface area contributed by atoms with Crippen LogP contribution in [0.5, 0.6) is 11.5 Å². The van der Waals surface area contributed by atoms with Gasteiger partial charge in [-0.3, -0.25) is 4.79 Å². The molecule has 1 saturated heterocycles. The van der Waals surface area contributed by atoms with E-state index in [1.165, 1.54) is 61.0 Å². The maximum Gasteiger partial charge on any atom is 0.243 e. The summed E-state index contributed by atoms with van der Waals surface area (Å²) in [5, 5.41) is 2.72. The van der Waals surface area contributed by atoms with Crippen molar-refractivity contribution in [1.29, 1.82) is 0 Å². The second-order valence-corrected chi connectivity index (χ2v) is 8.65. The van der Waals surface area contributed by atoms with E-state index < -0.39 is 21.8 Å². The fourth-order valence-electron chi connectivity index (χ4n) is 3.28. The molecule has 0 spiro atoms. The maximum atomic E-state index is 13.1. The topological polar surface area (TPSA) is 84.9 Å². The van der Waals surface area contributed by atoms with E-state index in [9.17, 15) is 17.6 Å². The first-order valence-electron chi connectivity index (χ1n) is 9.13. The van der Waals surface area contributed by atoms with E-state index in [0.29, 0.717) is 36.6 Å². The predicted molar refractivity (Wildman–Crippen MR) is 106 cm³/mol. The van der Waals surface area contributed by atoms with Crippen LogP contribution < -0.4 is 14.8 Å². The zero-order chi connectivity index (χ0) is 21.0. The molecule has 0 aliphatic carbocycles. The van der Waals surface area contributed by atoms with Crippen LogP contribution >= 0.6 is 0 Å². The van der Waals surface area contributed by atoms with Crippen LogP contribution in [0.2, 0.25) is 0 Å². The summed E-state index contributed by atoms with van der Waals surface area (Å²) in [4.78, 5) is 12.7. The van der Waals surface area contributed by atoms with Crippen molar-refractivity contribution in [3.8, 4) is 11.5 Å². The van der Waals surface area contributed by atoms with Crippen molar-refractivity contribution in [1.82, 2.24) is 4.31 Å². The number of amides is 1. The van der Waals surface area contributed by atoms with Gasteiger partial charge in [0, 0.05) is 24.8 Å². The number of benzene rings is 2. The first-order valence-corrected chi connectivity index (χ1v) is 10.6. The van der Waals surface area contributed by atoms with Crippen molar-refractivity contribution >= 4 is 21.6 Å². The third-order valence-corrected chi connectivity index (χ3v) is 6.72. The molecule has 2 aromatic carbocycles. The number of carbonyl (C=O) groups is 1. The molecule has 1 aliphatic rings. The number of halogens is 1. The highest BCUT2D eigenvalue weighted by Gasteiger charge is 2.33. The summed E-state index contributed by atoms with van der Waals surface area (Å²) < 4.78 is 50.8. The van der Waals surface area contributed by atoms with Gasteiger partial charge in [0.15, 0.2) is 11.5 Å². The Morgan fingerprint density at radius 1 is 1.10 bits per heavy atom. The SMILES string of the molecule is COc1ccc(S(=O)(=O)N2CCC[C@H](C(=O)Nc3ccc(F)cc3)C2)cc1OC. The second kappa shape index (κ2) is 8.79. The number of hydrogen-bond donors (Lipinski definition) is 1. The van der Waals surface area contributed by atoms with Crippen molar-refractivity contribution in [3.63, 3.8) is 0 Å². The van der Waals surface area contributed by atoms with Gasteiger partial charge in [0.05, 0.1) is 25.0 Å². The molecule has 0 unspecified atom stereocenters. The van der Waals surface area contributed by atoms with Crippen LogP contribution in [0.1, 0.15) is 12.8 Å². The molecule has 0 bridgehead atoms. The molecule has 29 heavy (non-hydrogen) atoms. The predicted octanol–water partition coefficient (Wildman–Crippen LogP) is 2.88. The Morgan fingerprint density at radius 3 is 2.45 bits per heavy atom. The van der Waals surface area contributed by atoms with Crippen LogP contribution in [0.15, 0.2) is 47.4 Å². The van der Waals surface area contributed by atoms with Gasteiger partial charge in [-0.25, -0.2) is 12.8 Å². The molecule has 156 valence electrons. The molecule has 3 rings (SSSR count). The molecule has 1 N–H and O–H groups in total. The van der Waals surface area contributed by atoms with Crippen molar-refractivity contribution < 1.29 is 27.1 Å². The fraction of sp³-hybridized carbons (Fsp3) is 0.350. The van der Waals surface area contributed by atoms with Crippen molar-refractivity contribution in [3.05, 3.63) is 48.3 Å². The molecule has 1 heterocycles. The Labute approximate surface area is 169 Å². The average Bonchev–Trinajstić information content (AvgIpc) is 2.74. The number of nitrogens with zero attached hydrogens (tertiary/aromatic N) is 1. The van der Waals surface area contributed by atoms with Gasteiger partial charge in [0.1, 0.15) is 5.82 Å². The smallest absolute Gasteiger partial charge is 0.243 e. The maximum absolute atomic E-state index is 13.1. The summed E-state index contributed by atoms with van der Waals surface area (Å²) in [6.07, 6.45) is 1.14. The van der Waals surface area contributed by atoms with Crippen LogP contribution in [-0.2, 0) is 14.8 Å². The van der Waals surface area contributed by atoms with Gasteiger partial charge in [0.2, 0.25) is 15.9 Å². The van der Waals surface area contributed by atoms with E-state index in [1.807, 2.05) is 0 Å². The molecular formula is C20H23FN2O5S. The highest BCUT2D eigenvalue weighted by Crippen LogP contribution is 2.32. The molecule has 0 aromatic heterocycles. The van der Waals surface area contributed by atoms with E-state index >= 15 is 0 Å². The van der Waals surface area contributed by atoms with Crippen LogP contribution in [0.4, 0.5) is 10.1 Å². The number of ether oxygens (including phenoxy) is 2. The Bertz CT molecular complexity index is 979. The highest BCUT2D eigenvalue weighted by atomic mass is 32.2. The van der Waals surface area contributed by atoms with Crippen LogP contribution in [0.25, 0.3) is 0 Å². The minimum atomic E-state index is -3.80. The normalized spacial score (nSPS) is 17.6. The van der Waals surface area contributed by atoms with Gasteiger partial charge in [-0.2, -0.15) is 4.31 Å². The molecule has 1 atom stereocenters. The highest BCUT2D eigenvalue weighted by molar-refractivity contribution is 7.89. The number of anilines is 1. The fourth-order valence-corrected chi connectivity index (χ4v) is 4.82. The third kappa shape index (κ3) is 4.68. The number of methoxy groups -OCH3 is 2. The van der Waals surface area contributed by atoms with Gasteiger partial charge in [0.25, 0.3) is 0 Å². The van der Waals surface area contributed by atoms with Gasteiger partial charge in [-0.05, 0) is 49.2 Å². The molecule has 2 aromatic rings. The number of nitrogens with one attached hydrogen (secondary N) is 1. The number of piperidine rings is 1. The number of carbonyl (C=O) groups excluding carboxylic acids is 1. The Balaban J connectivity index is 1.75. The van der Waals surface area contributed by atoms with Gasteiger partial charge >= 0.3 is 0 Å². The zero-order valence-corrected chi connectivity index (χ0v) is 17.0. The Morgan fingerprint density at radius 2 is 1.79 bits per heavy atom. The summed E-state index contributed by atoms with van der Waals surface area (Å²) in [6.45, 7) is 0.403. The van der Waals surface area contributed by atoms with E-state index in [1.54, 1.807) is 0 Å². The molecule has 7 nitrogen and oxygen atoms in total. The van der Waals surface area contributed by atoms with Gasteiger partial charge < -0.3 is 14.8 Å². The van der Waals surface area contributed by atoms with Crippen LogP contribution in [0, 0.1) is 11.7 Å². The quantitative estimate of drug-likeness (QED) is 0.774. The standard InChI is InChI=1S/C20H23FN2O5S/c1-27-18-10-9-17(12-19(18)28-2)29(25,26)23-11-3-4-14(13-23)20(24)22-16-7-5-15(21)6-8-16/h5-10,12,14H,3-4,11,13H2,1-2H3,(H,22,24)/t14-/m0/s1. The van der Waals surface area contributed by atoms with Crippen LogP contribution in [-0.4, -0.2) is 45.9 Å². The Hall–Kier alpha value is -2.65. The van der Waals surface area contributed by atoms with Gasteiger partial charge in [-0.1, -0.05) is 0 Å². The summed E-state index contributed by atoms with van der Waals surface area (Å²) in [5.41, 5.74) is 0.469. The third-order valence-electron chi connectivity index (χ3n) is 4.86. The minimum Gasteiger partial charge on any atom is -0.493 e. The lowest BCUT2D eigenvalue weighted by Gasteiger charge is -2.31. The van der Waals surface area contributed by atoms with Crippen LogP contribution in [0.3, 0.4) is 0 Å². The summed E-state index contributed by atoms with van der Waals surface area (Å²) >= 11 is 0. The van der Waals surface area contributed by atoms with Gasteiger partial charge in [-0.15, -0.1) is 0 Å². The van der Waals surface area contributed by atoms with E-state index in [2.05, 4.69) is 5.32 Å². The first-order chi connectivity index (χ1) is 13.8. The molecule has 1 amide bonds. The summed E-state index contributed by atoms with van der Waals surface area (Å²) in [7, 11) is -0.888. The molecule has 0 saturated carbocycles. The minimum absolute atomic E-state index is 0.0731. The van der Waals surface area contributed by atoms with E-state index in [0.717, 1.165) is 0 Å². The van der Waals surface area contributed by atoms with Crippen molar-refractivity contribution in [2.24, 2.45) is 5.92 Å². The lowest BCUT2D eigenvalue weighted by Crippen LogP contribution is -2.43. The molecule has 1 fully saturated rings. The number of rotatable bonds is 6. The average molecular weight is 422 g/mol. The molecule has 0 radical (unpaired) electrons. The number of sulfonamides is 1. The number of hydrogen-bond acceptors (Lipinski definition) is 5.